The minimum absolute atomic E-state index is 0.0756. The molecule has 2 aromatic carbocycles. The van der Waals surface area contributed by atoms with Gasteiger partial charge in [0.25, 0.3) is 5.91 Å². The summed E-state index contributed by atoms with van der Waals surface area (Å²) in [5.74, 6) is 0.284. The molecule has 1 saturated heterocycles. The average molecular weight is 419 g/mol. The van der Waals surface area contributed by atoms with Crippen molar-refractivity contribution in [3.63, 3.8) is 0 Å². The van der Waals surface area contributed by atoms with Crippen LogP contribution in [0.2, 0.25) is 0 Å². The number of nitrogens with zero attached hydrogens (tertiary/aromatic N) is 2. The van der Waals surface area contributed by atoms with Crippen LogP contribution >= 0.6 is 0 Å². The summed E-state index contributed by atoms with van der Waals surface area (Å²) >= 11 is 0. The van der Waals surface area contributed by atoms with E-state index in [2.05, 4.69) is 0 Å². The Kier molecular flexibility index (Phi) is 6.89. The number of amides is 1. The number of rotatable bonds is 7. The maximum absolute atomic E-state index is 12.6. The summed E-state index contributed by atoms with van der Waals surface area (Å²) in [6.45, 7) is 3.33. The van der Waals surface area contributed by atoms with Crippen LogP contribution in [0.5, 0.6) is 5.75 Å². The molecule has 0 aromatic heterocycles. The molecule has 1 aliphatic heterocycles. The first-order valence-corrected chi connectivity index (χ1v) is 10.9. The molecular weight excluding hydrogens is 392 g/mol. The van der Waals surface area contributed by atoms with Gasteiger partial charge in [-0.1, -0.05) is 30.3 Å². The predicted molar refractivity (Wildman–Crippen MR) is 109 cm³/mol. The van der Waals surface area contributed by atoms with Gasteiger partial charge in [0.15, 0.2) is 6.61 Å². The van der Waals surface area contributed by atoms with Crippen LogP contribution in [0.1, 0.15) is 18.5 Å². The number of carbonyl (C=O) groups excluding carboxylic acids is 1. The van der Waals surface area contributed by atoms with Crippen molar-refractivity contribution >= 4 is 15.9 Å². The van der Waals surface area contributed by atoms with Crippen molar-refractivity contribution < 1.29 is 22.7 Å². The lowest BCUT2D eigenvalue weighted by atomic mass is 10.1. The zero-order valence-electron chi connectivity index (χ0n) is 16.7. The quantitative estimate of drug-likeness (QED) is 0.690. The van der Waals surface area contributed by atoms with E-state index in [1.165, 1.54) is 16.4 Å². The highest BCUT2D eigenvalue weighted by molar-refractivity contribution is 7.89. The molecule has 0 radical (unpaired) electrons. The SMILES string of the molecule is C[C@@H](c1ccccc1)N(C)C(=O)COc1ccc(S(=O)(=O)N2CCOCC2)cc1. The molecule has 7 nitrogen and oxygen atoms in total. The third-order valence-corrected chi connectivity index (χ3v) is 6.96. The highest BCUT2D eigenvalue weighted by atomic mass is 32.2. The van der Waals surface area contributed by atoms with Gasteiger partial charge in [-0.2, -0.15) is 4.31 Å². The van der Waals surface area contributed by atoms with Crippen LogP contribution in [0.4, 0.5) is 0 Å². The highest BCUT2D eigenvalue weighted by Crippen LogP contribution is 2.21. The van der Waals surface area contributed by atoms with Crippen LogP contribution < -0.4 is 4.74 Å². The minimum atomic E-state index is -3.54. The van der Waals surface area contributed by atoms with Crippen molar-refractivity contribution in [3.8, 4) is 5.75 Å². The Morgan fingerprint density at radius 2 is 1.72 bits per heavy atom. The van der Waals surface area contributed by atoms with Crippen molar-refractivity contribution in [1.82, 2.24) is 9.21 Å². The largest absolute Gasteiger partial charge is 0.484 e. The maximum Gasteiger partial charge on any atom is 0.260 e. The van der Waals surface area contributed by atoms with E-state index in [0.717, 1.165) is 5.56 Å². The lowest BCUT2D eigenvalue weighted by molar-refractivity contribution is -0.134. The van der Waals surface area contributed by atoms with Gasteiger partial charge in [-0.15, -0.1) is 0 Å². The molecule has 1 aliphatic rings. The first-order chi connectivity index (χ1) is 13.9. The molecule has 2 aromatic rings. The second-order valence-electron chi connectivity index (χ2n) is 6.87. The molecule has 1 atom stereocenters. The summed E-state index contributed by atoms with van der Waals surface area (Å²) < 4.78 is 37.5. The van der Waals surface area contributed by atoms with Crippen molar-refractivity contribution in [1.29, 1.82) is 0 Å². The second-order valence-corrected chi connectivity index (χ2v) is 8.81. The molecule has 0 bridgehead atoms. The average Bonchev–Trinajstić information content (AvgIpc) is 2.78. The lowest BCUT2D eigenvalue weighted by Gasteiger charge is -2.26. The van der Waals surface area contributed by atoms with Crippen LogP contribution in [0, 0.1) is 0 Å². The van der Waals surface area contributed by atoms with Gasteiger partial charge in [-0.3, -0.25) is 4.79 Å². The Morgan fingerprint density at radius 3 is 2.34 bits per heavy atom. The Hall–Kier alpha value is -2.42. The van der Waals surface area contributed by atoms with Gasteiger partial charge in [0, 0.05) is 20.1 Å². The fourth-order valence-corrected chi connectivity index (χ4v) is 4.47. The number of hydrogen-bond donors (Lipinski definition) is 0. The van der Waals surface area contributed by atoms with Gasteiger partial charge >= 0.3 is 0 Å². The maximum atomic E-state index is 12.6. The van der Waals surface area contributed by atoms with E-state index < -0.39 is 10.0 Å². The lowest BCUT2D eigenvalue weighted by Crippen LogP contribution is -2.40. The van der Waals surface area contributed by atoms with Gasteiger partial charge < -0.3 is 14.4 Å². The Labute approximate surface area is 171 Å². The number of benzene rings is 2. The summed E-state index contributed by atoms with van der Waals surface area (Å²) in [4.78, 5) is 14.3. The van der Waals surface area contributed by atoms with Crippen LogP contribution in [-0.4, -0.2) is 63.5 Å². The Morgan fingerprint density at radius 1 is 1.10 bits per heavy atom. The molecule has 3 rings (SSSR count). The summed E-state index contributed by atoms with van der Waals surface area (Å²) in [5.41, 5.74) is 1.04. The van der Waals surface area contributed by atoms with Crippen LogP contribution in [0.25, 0.3) is 0 Å². The van der Waals surface area contributed by atoms with Crippen molar-refractivity contribution in [2.75, 3.05) is 40.0 Å². The minimum Gasteiger partial charge on any atom is -0.484 e. The zero-order chi connectivity index (χ0) is 20.9. The summed E-state index contributed by atoms with van der Waals surface area (Å²) in [7, 11) is -1.81. The van der Waals surface area contributed by atoms with E-state index in [-0.39, 0.29) is 23.5 Å². The number of likely N-dealkylation sites (N-methyl/N-ethyl adjacent to an activating group) is 1. The van der Waals surface area contributed by atoms with E-state index in [0.29, 0.717) is 32.1 Å². The second kappa shape index (κ2) is 9.39. The van der Waals surface area contributed by atoms with E-state index >= 15 is 0 Å². The van der Waals surface area contributed by atoms with Crippen LogP contribution in [-0.2, 0) is 19.6 Å². The van der Waals surface area contributed by atoms with E-state index in [9.17, 15) is 13.2 Å². The number of ether oxygens (including phenoxy) is 2. The number of carbonyl (C=O) groups is 1. The third-order valence-electron chi connectivity index (χ3n) is 5.05. The molecule has 0 unspecified atom stereocenters. The van der Waals surface area contributed by atoms with Gasteiger partial charge in [-0.05, 0) is 36.8 Å². The zero-order valence-corrected chi connectivity index (χ0v) is 17.5. The number of sulfonamides is 1. The Balaban J connectivity index is 1.58. The van der Waals surface area contributed by atoms with Crippen molar-refractivity contribution in [3.05, 3.63) is 60.2 Å². The molecule has 0 N–H and O–H groups in total. The fourth-order valence-electron chi connectivity index (χ4n) is 3.06. The van der Waals surface area contributed by atoms with Gasteiger partial charge in [0.1, 0.15) is 5.75 Å². The van der Waals surface area contributed by atoms with Crippen molar-refractivity contribution in [2.45, 2.75) is 17.9 Å². The summed E-state index contributed by atoms with van der Waals surface area (Å²) in [5, 5.41) is 0. The molecular formula is C21H26N2O5S. The number of morpholine rings is 1. The van der Waals surface area contributed by atoms with Gasteiger partial charge in [0.05, 0.1) is 24.2 Å². The normalized spacial score (nSPS) is 16.2. The summed E-state index contributed by atoms with van der Waals surface area (Å²) in [6.07, 6.45) is 0. The highest BCUT2D eigenvalue weighted by Gasteiger charge is 2.26. The Bertz CT molecular complexity index is 910. The van der Waals surface area contributed by atoms with Gasteiger partial charge in [0.2, 0.25) is 10.0 Å². The molecule has 29 heavy (non-hydrogen) atoms. The molecule has 1 amide bonds. The van der Waals surface area contributed by atoms with E-state index in [1.54, 1.807) is 24.1 Å². The monoisotopic (exact) mass is 418 g/mol. The molecule has 0 spiro atoms. The van der Waals surface area contributed by atoms with Crippen molar-refractivity contribution in [2.24, 2.45) is 0 Å². The first-order valence-electron chi connectivity index (χ1n) is 9.51. The molecule has 1 heterocycles. The van der Waals surface area contributed by atoms with E-state index in [4.69, 9.17) is 9.47 Å². The fraction of sp³-hybridized carbons (Fsp3) is 0.381. The molecule has 0 aliphatic carbocycles. The van der Waals surface area contributed by atoms with Crippen LogP contribution in [0.3, 0.4) is 0 Å². The smallest absolute Gasteiger partial charge is 0.260 e. The summed E-state index contributed by atoms with van der Waals surface area (Å²) in [6, 6.07) is 15.8. The van der Waals surface area contributed by atoms with E-state index in [1.807, 2.05) is 37.3 Å². The van der Waals surface area contributed by atoms with Crippen LogP contribution in [0.15, 0.2) is 59.5 Å². The van der Waals surface area contributed by atoms with Gasteiger partial charge in [-0.25, -0.2) is 8.42 Å². The third kappa shape index (κ3) is 5.14. The molecule has 0 saturated carbocycles. The standard InChI is InChI=1S/C21H26N2O5S/c1-17(18-6-4-3-5-7-18)22(2)21(24)16-28-19-8-10-20(11-9-19)29(25,26)23-12-14-27-15-13-23/h3-11,17H,12-16H2,1-2H3/t17-/m0/s1. The molecule has 8 heteroatoms. The molecule has 1 fully saturated rings. The first kappa shape index (κ1) is 21.3. The predicted octanol–water partition coefficient (Wildman–Crippen LogP) is 2.31. The topological polar surface area (TPSA) is 76.2 Å². The number of hydrogen-bond acceptors (Lipinski definition) is 5. The molecule has 156 valence electrons.